The lowest BCUT2D eigenvalue weighted by Crippen LogP contribution is -2.33. The summed E-state index contributed by atoms with van der Waals surface area (Å²) in [7, 11) is -1.92. The van der Waals surface area contributed by atoms with Crippen molar-refractivity contribution in [3.05, 3.63) is 78.3 Å². The molecule has 38 heavy (non-hydrogen) atoms. The summed E-state index contributed by atoms with van der Waals surface area (Å²) in [4.78, 5) is 14.5. The van der Waals surface area contributed by atoms with E-state index in [1.54, 1.807) is 12.0 Å². The molecule has 0 aliphatic rings. The quantitative estimate of drug-likeness (QED) is 0.328. The Kier molecular flexibility index (Phi) is 17.5. The number of nitrogens with zero attached hydrogens (tertiary/aromatic N) is 1. The molecule has 0 atom stereocenters. The lowest BCUT2D eigenvalue weighted by atomic mass is 9.99. The first-order valence-corrected chi connectivity index (χ1v) is 14.1. The second-order valence-electron chi connectivity index (χ2n) is 7.73. The van der Waals surface area contributed by atoms with Gasteiger partial charge in [0.25, 0.3) is 5.91 Å². The van der Waals surface area contributed by atoms with Gasteiger partial charge in [-0.05, 0) is 55.7 Å². The minimum absolute atomic E-state index is 0.0136. The number of ether oxygens (including phenoxy) is 1. The summed E-state index contributed by atoms with van der Waals surface area (Å²) >= 11 is 0. The minimum Gasteiger partial charge on any atom is -0.384 e. The molecular weight excluding hydrogens is 517 g/mol. The Morgan fingerprint density at radius 1 is 1.13 bits per heavy atom. The van der Waals surface area contributed by atoms with Crippen molar-refractivity contribution in [2.45, 2.75) is 39.0 Å². The van der Waals surface area contributed by atoms with Gasteiger partial charge in [-0.25, -0.2) is 21.6 Å². The first-order chi connectivity index (χ1) is 18.0. The van der Waals surface area contributed by atoms with Gasteiger partial charge in [-0.2, -0.15) is 0 Å². The van der Waals surface area contributed by atoms with E-state index >= 15 is 0 Å². The van der Waals surface area contributed by atoms with Gasteiger partial charge >= 0.3 is 0 Å². The summed E-state index contributed by atoms with van der Waals surface area (Å²) in [5.74, 6) is -1.21. The lowest BCUT2D eigenvalue weighted by Gasteiger charge is -2.19. The van der Waals surface area contributed by atoms with E-state index in [9.17, 15) is 26.4 Å². The van der Waals surface area contributed by atoms with Crippen molar-refractivity contribution in [3.8, 4) is 11.1 Å². The molecule has 0 radical (unpaired) electrons. The fourth-order valence-corrected chi connectivity index (χ4v) is 3.69. The SMILES string of the molecule is CC.CCN(/C=C(/C)F)CCNC(=O)c1cc(S(C)(=O)=O)ccc1-c1ccc(F)cc1.COCC/C=C/F. The fourth-order valence-electron chi connectivity index (χ4n) is 3.05. The van der Waals surface area contributed by atoms with Crippen molar-refractivity contribution in [1.82, 2.24) is 10.2 Å². The van der Waals surface area contributed by atoms with Gasteiger partial charge in [0.1, 0.15) is 11.6 Å². The minimum atomic E-state index is -3.51. The van der Waals surface area contributed by atoms with Crippen LogP contribution in [0.15, 0.2) is 71.8 Å². The van der Waals surface area contributed by atoms with Crippen LogP contribution in [0.3, 0.4) is 0 Å². The highest BCUT2D eigenvalue weighted by atomic mass is 32.2. The second kappa shape index (κ2) is 19.0. The molecule has 2 aromatic carbocycles. The van der Waals surface area contributed by atoms with Crippen LogP contribution >= 0.6 is 0 Å². The van der Waals surface area contributed by atoms with Crippen LogP contribution in [0, 0.1) is 5.82 Å². The van der Waals surface area contributed by atoms with Crippen LogP contribution < -0.4 is 5.32 Å². The predicted octanol–water partition coefficient (Wildman–Crippen LogP) is 6.31. The Morgan fingerprint density at radius 3 is 2.26 bits per heavy atom. The van der Waals surface area contributed by atoms with Crippen molar-refractivity contribution in [1.29, 1.82) is 0 Å². The van der Waals surface area contributed by atoms with Gasteiger partial charge in [0.15, 0.2) is 9.84 Å². The Labute approximate surface area is 225 Å². The number of carbonyl (C=O) groups is 1. The number of amides is 1. The highest BCUT2D eigenvalue weighted by Crippen LogP contribution is 2.27. The third-order valence-electron chi connectivity index (χ3n) is 4.85. The molecular formula is C28H39F3N2O4S. The smallest absolute Gasteiger partial charge is 0.252 e. The molecule has 0 bridgehead atoms. The van der Waals surface area contributed by atoms with Crippen molar-refractivity contribution < 1.29 is 31.1 Å². The predicted molar refractivity (Wildman–Crippen MR) is 147 cm³/mol. The molecule has 0 fully saturated rings. The zero-order valence-electron chi connectivity index (χ0n) is 22.9. The van der Waals surface area contributed by atoms with Crippen LogP contribution in [0.1, 0.15) is 44.5 Å². The Bertz CT molecular complexity index is 1130. The number of hydrogen-bond donors (Lipinski definition) is 1. The normalized spacial score (nSPS) is 11.2. The zero-order valence-corrected chi connectivity index (χ0v) is 23.7. The number of likely N-dealkylation sites (N-methyl/N-ethyl adjacent to an activating group) is 1. The molecule has 212 valence electrons. The standard InChI is InChI=1S/C21H24F2N2O3S.C5H9FO.C2H6/c1-4-25(14-15(2)22)12-11-24-21(26)20-13-18(29(3,27)28)9-10-19(20)16-5-7-17(23)8-6-16;1-7-5-3-2-4-6;1-2/h5-10,13-14H,4,11-12H2,1-3H3,(H,24,26);2,4H,3,5H2,1H3;1-2H3/b15-14-;4-2+;. The Hall–Kier alpha value is -3.11. The number of sulfone groups is 1. The number of benzene rings is 2. The van der Waals surface area contributed by atoms with Crippen molar-refractivity contribution in [2.75, 3.05) is 39.6 Å². The summed E-state index contributed by atoms with van der Waals surface area (Å²) in [6.45, 7) is 9.00. The molecule has 2 aromatic rings. The summed E-state index contributed by atoms with van der Waals surface area (Å²) in [5, 5.41) is 2.74. The maximum absolute atomic E-state index is 13.3. The maximum atomic E-state index is 13.3. The van der Waals surface area contributed by atoms with E-state index in [0.29, 0.717) is 43.6 Å². The van der Waals surface area contributed by atoms with Gasteiger partial charge in [0.05, 0.1) is 11.2 Å². The van der Waals surface area contributed by atoms with E-state index in [4.69, 9.17) is 0 Å². The lowest BCUT2D eigenvalue weighted by molar-refractivity contribution is 0.0951. The number of hydrogen-bond acceptors (Lipinski definition) is 5. The van der Waals surface area contributed by atoms with Crippen LogP contribution in [0.4, 0.5) is 13.2 Å². The molecule has 0 saturated heterocycles. The van der Waals surface area contributed by atoms with E-state index in [2.05, 4.69) is 10.1 Å². The van der Waals surface area contributed by atoms with E-state index in [0.717, 1.165) is 6.26 Å². The summed E-state index contributed by atoms with van der Waals surface area (Å²) in [6, 6.07) is 9.85. The van der Waals surface area contributed by atoms with Crippen molar-refractivity contribution >= 4 is 15.7 Å². The average molecular weight is 557 g/mol. The van der Waals surface area contributed by atoms with Crippen molar-refractivity contribution in [3.63, 3.8) is 0 Å². The number of carbonyl (C=O) groups excluding carboxylic acids is 1. The van der Waals surface area contributed by atoms with Gasteiger partial charge in [0, 0.05) is 51.4 Å². The largest absolute Gasteiger partial charge is 0.384 e. The number of rotatable bonds is 11. The van der Waals surface area contributed by atoms with Gasteiger partial charge in [0.2, 0.25) is 0 Å². The summed E-state index contributed by atoms with van der Waals surface area (Å²) < 4.78 is 65.9. The first-order valence-electron chi connectivity index (χ1n) is 12.2. The van der Waals surface area contributed by atoms with E-state index in [1.165, 1.54) is 61.7 Å². The topological polar surface area (TPSA) is 75.7 Å². The van der Waals surface area contributed by atoms with E-state index in [1.807, 2.05) is 20.8 Å². The Morgan fingerprint density at radius 2 is 1.76 bits per heavy atom. The van der Waals surface area contributed by atoms with Crippen LogP contribution in [0.25, 0.3) is 11.1 Å². The molecule has 0 aromatic heterocycles. The van der Waals surface area contributed by atoms with Crippen LogP contribution in [0.5, 0.6) is 0 Å². The third-order valence-corrected chi connectivity index (χ3v) is 5.96. The maximum Gasteiger partial charge on any atom is 0.252 e. The zero-order chi connectivity index (χ0) is 29.1. The highest BCUT2D eigenvalue weighted by Gasteiger charge is 2.17. The third kappa shape index (κ3) is 13.4. The molecule has 0 aliphatic heterocycles. The molecule has 0 heterocycles. The van der Waals surface area contributed by atoms with Gasteiger partial charge in [-0.1, -0.05) is 38.1 Å². The van der Waals surface area contributed by atoms with Crippen LogP contribution in [-0.4, -0.2) is 58.8 Å². The molecule has 0 aliphatic carbocycles. The second-order valence-corrected chi connectivity index (χ2v) is 9.75. The van der Waals surface area contributed by atoms with Gasteiger partial charge in [-0.15, -0.1) is 0 Å². The van der Waals surface area contributed by atoms with E-state index in [-0.39, 0.29) is 22.8 Å². The Balaban J connectivity index is 0.00000132. The molecule has 1 amide bonds. The molecule has 0 unspecified atom stereocenters. The average Bonchev–Trinajstić information content (AvgIpc) is 2.89. The number of halogens is 3. The molecule has 2 rings (SSSR count). The summed E-state index contributed by atoms with van der Waals surface area (Å²) in [5.41, 5.74) is 1.24. The first kappa shape index (κ1) is 34.9. The fraction of sp³-hybridized carbons (Fsp3) is 0.393. The number of methoxy groups -OCH3 is 1. The van der Waals surface area contributed by atoms with Gasteiger partial charge < -0.3 is 15.0 Å². The number of allylic oxidation sites excluding steroid dienone is 1. The van der Waals surface area contributed by atoms with Gasteiger partial charge in [-0.3, -0.25) is 4.79 Å². The molecule has 10 heteroatoms. The number of nitrogens with one attached hydrogen (secondary N) is 1. The monoisotopic (exact) mass is 556 g/mol. The molecule has 0 spiro atoms. The molecule has 0 saturated carbocycles. The van der Waals surface area contributed by atoms with Crippen LogP contribution in [0.2, 0.25) is 0 Å². The van der Waals surface area contributed by atoms with E-state index < -0.39 is 21.6 Å². The van der Waals surface area contributed by atoms with Crippen LogP contribution in [-0.2, 0) is 14.6 Å². The highest BCUT2D eigenvalue weighted by molar-refractivity contribution is 7.90. The summed E-state index contributed by atoms with van der Waals surface area (Å²) in [6.07, 6.45) is 5.03. The molecule has 1 N–H and O–H groups in total. The van der Waals surface area contributed by atoms with Crippen molar-refractivity contribution in [2.24, 2.45) is 0 Å². The molecule has 6 nitrogen and oxygen atoms in total.